The maximum Gasteiger partial charge on any atom is 0.255 e. The van der Waals surface area contributed by atoms with Crippen molar-refractivity contribution in [2.75, 3.05) is 39.1 Å². The lowest BCUT2D eigenvalue weighted by atomic mass is 9.90. The second-order valence-electron chi connectivity index (χ2n) is 5.52. The van der Waals surface area contributed by atoms with Crippen molar-refractivity contribution in [2.45, 2.75) is 18.4 Å². The minimum atomic E-state index is -0.812. The Bertz CT molecular complexity index is 513. The van der Waals surface area contributed by atoms with Crippen LogP contribution in [0.25, 0.3) is 0 Å². The molecule has 1 aliphatic heterocycles. The van der Waals surface area contributed by atoms with Crippen LogP contribution in [0.15, 0.2) is 30.3 Å². The number of ether oxygens (including phenoxy) is 1. The van der Waals surface area contributed by atoms with Crippen molar-refractivity contribution in [2.24, 2.45) is 0 Å². The van der Waals surface area contributed by atoms with Gasteiger partial charge in [0.05, 0.1) is 6.54 Å². The second-order valence-corrected chi connectivity index (χ2v) is 5.52. The molecular weight excluding hydrogens is 282 g/mol. The van der Waals surface area contributed by atoms with E-state index in [0.29, 0.717) is 12.8 Å². The van der Waals surface area contributed by atoms with E-state index in [9.17, 15) is 9.59 Å². The summed E-state index contributed by atoms with van der Waals surface area (Å²) in [6, 6.07) is 9.19. The largest absolute Gasteiger partial charge is 0.368 e. The van der Waals surface area contributed by atoms with Crippen molar-refractivity contribution in [3.63, 3.8) is 0 Å². The summed E-state index contributed by atoms with van der Waals surface area (Å²) in [5.74, 6) is -0.359. The number of carbonyl (C=O) groups is 2. The molecule has 22 heavy (non-hydrogen) atoms. The number of nitrogens with zero attached hydrogens (tertiary/aromatic N) is 1. The van der Waals surface area contributed by atoms with E-state index in [1.165, 1.54) is 4.90 Å². The second kappa shape index (κ2) is 7.38. The highest BCUT2D eigenvalue weighted by atomic mass is 16.5. The Morgan fingerprint density at radius 3 is 2.50 bits per heavy atom. The molecule has 0 aliphatic carbocycles. The van der Waals surface area contributed by atoms with Crippen LogP contribution < -0.4 is 10.6 Å². The molecule has 1 heterocycles. The lowest BCUT2D eigenvalue weighted by molar-refractivity contribution is -0.157. The van der Waals surface area contributed by atoms with E-state index in [2.05, 4.69) is 10.6 Å². The number of methoxy groups -OCH3 is 1. The van der Waals surface area contributed by atoms with E-state index < -0.39 is 5.60 Å². The minimum Gasteiger partial charge on any atom is -0.368 e. The predicted octanol–water partition coefficient (Wildman–Crippen LogP) is 0.852. The summed E-state index contributed by atoms with van der Waals surface area (Å²) in [7, 11) is 3.19. The Morgan fingerprint density at radius 2 is 1.91 bits per heavy atom. The van der Waals surface area contributed by atoms with E-state index >= 15 is 0 Å². The molecule has 0 aromatic heterocycles. The van der Waals surface area contributed by atoms with Crippen LogP contribution in [0.3, 0.4) is 0 Å². The fourth-order valence-electron chi connectivity index (χ4n) is 2.69. The summed E-state index contributed by atoms with van der Waals surface area (Å²) in [5.41, 5.74) is -0.0933. The number of anilines is 1. The highest BCUT2D eigenvalue weighted by molar-refractivity contribution is 5.95. The van der Waals surface area contributed by atoms with Gasteiger partial charge in [-0.05, 0) is 38.1 Å². The standard InChI is InChI=1S/C16H23N3O3/c1-19(12-14(20)18-13-6-4-3-5-7-13)15(21)16(22-2)8-10-17-11-9-16/h3-7,17H,8-12H2,1-2H3,(H,18,20). The Labute approximate surface area is 130 Å². The van der Waals surface area contributed by atoms with Crippen LogP contribution in [0, 0.1) is 0 Å². The van der Waals surface area contributed by atoms with E-state index in [1.54, 1.807) is 14.2 Å². The zero-order chi connectivity index (χ0) is 16.0. The van der Waals surface area contributed by atoms with Gasteiger partial charge in [0, 0.05) is 19.8 Å². The SMILES string of the molecule is COC1(C(=O)N(C)CC(=O)Nc2ccccc2)CCNCC1. The number of rotatable bonds is 5. The number of piperidine rings is 1. The quantitative estimate of drug-likeness (QED) is 0.846. The van der Waals surface area contributed by atoms with Crippen molar-refractivity contribution in [1.29, 1.82) is 0 Å². The van der Waals surface area contributed by atoms with Gasteiger partial charge in [0.25, 0.3) is 5.91 Å². The first kappa shape index (κ1) is 16.5. The van der Waals surface area contributed by atoms with Gasteiger partial charge < -0.3 is 20.3 Å². The molecule has 0 saturated carbocycles. The van der Waals surface area contributed by atoms with Gasteiger partial charge in [0.2, 0.25) is 5.91 Å². The zero-order valence-electron chi connectivity index (χ0n) is 13.1. The molecule has 120 valence electrons. The summed E-state index contributed by atoms with van der Waals surface area (Å²) >= 11 is 0. The molecule has 6 heteroatoms. The van der Waals surface area contributed by atoms with Crippen LogP contribution >= 0.6 is 0 Å². The molecule has 1 saturated heterocycles. The van der Waals surface area contributed by atoms with Gasteiger partial charge in [-0.25, -0.2) is 0 Å². The fraction of sp³-hybridized carbons (Fsp3) is 0.500. The lowest BCUT2D eigenvalue weighted by Crippen LogP contribution is -2.55. The van der Waals surface area contributed by atoms with E-state index in [0.717, 1.165) is 18.8 Å². The number of amides is 2. The molecule has 0 radical (unpaired) electrons. The first-order valence-electron chi connectivity index (χ1n) is 7.44. The first-order chi connectivity index (χ1) is 10.6. The minimum absolute atomic E-state index is 0.00622. The molecular formula is C16H23N3O3. The number of benzene rings is 1. The number of carbonyl (C=O) groups excluding carboxylic acids is 2. The third-order valence-corrected chi connectivity index (χ3v) is 3.98. The smallest absolute Gasteiger partial charge is 0.255 e. The Balaban J connectivity index is 1.94. The fourth-order valence-corrected chi connectivity index (χ4v) is 2.69. The molecule has 1 aliphatic rings. The van der Waals surface area contributed by atoms with Crippen molar-refractivity contribution in [1.82, 2.24) is 10.2 Å². The van der Waals surface area contributed by atoms with Crippen molar-refractivity contribution < 1.29 is 14.3 Å². The van der Waals surface area contributed by atoms with Crippen LogP contribution in [-0.2, 0) is 14.3 Å². The molecule has 2 N–H and O–H groups in total. The van der Waals surface area contributed by atoms with E-state index in [-0.39, 0.29) is 18.4 Å². The number of hydrogen-bond acceptors (Lipinski definition) is 4. The molecule has 0 unspecified atom stereocenters. The van der Waals surface area contributed by atoms with Crippen molar-refractivity contribution in [3.8, 4) is 0 Å². The summed E-state index contributed by atoms with van der Waals surface area (Å²) in [6.07, 6.45) is 1.24. The van der Waals surface area contributed by atoms with Gasteiger partial charge >= 0.3 is 0 Å². The van der Waals surface area contributed by atoms with Crippen LogP contribution in [0.4, 0.5) is 5.69 Å². The van der Waals surface area contributed by atoms with Gasteiger partial charge in [0.1, 0.15) is 5.60 Å². The Kier molecular flexibility index (Phi) is 5.51. The molecule has 1 fully saturated rings. The average Bonchev–Trinajstić information content (AvgIpc) is 2.55. The van der Waals surface area contributed by atoms with Gasteiger partial charge in [-0.2, -0.15) is 0 Å². The average molecular weight is 305 g/mol. The number of hydrogen-bond donors (Lipinski definition) is 2. The number of nitrogens with one attached hydrogen (secondary N) is 2. The predicted molar refractivity (Wildman–Crippen MR) is 84.6 cm³/mol. The summed E-state index contributed by atoms with van der Waals surface area (Å²) in [5, 5.41) is 5.99. The first-order valence-corrected chi connectivity index (χ1v) is 7.44. The number of likely N-dealkylation sites (N-methyl/N-ethyl adjacent to an activating group) is 1. The highest BCUT2D eigenvalue weighted by Crippen LogP contribution is 2.24. The molecule has 0 atom stereocenters. The summed E-state index contributed by atoms with van der Waals surface area (Å²) < 4.78 is 5.50. The topological polar surface area (TPSA) is 70.7 Å². The Morgan fingerprint density at radius 1 is 1.27 bits per heavy atom. The highest BCUT2D eigenvalue weighted by Gasteiger charge is 2.41. The third-order valence-electron chi connectivity index (χ3n) is 3.98. The molecule has 2 amide bonds. The van der Waals surface area contributed by atoms with Crippen molar-refractivity contribution >= 4 is 17.5 Å². The van der Waals surface area contributed by atoms with E-state index in [1.807, 2.05) is 30.3 Å². The monoisotopic (exact) mass is 305 g/mol. The van der Waals surface area contributed by atoms with Crippen LogP contribution in [0.2, 0.25) is 0 Å². The normalized spacial score (nSPS) is 16.8. The maximum absolute atomic E-state index is 12.6. The maximum atomic E-state index is 12.6. The molecule has 6 nitrogen and oxygen atoms in total. The van der Waals surface area contributed by atoms with Gasteiger partial charge in [0.15, 0.2) is 0 Å². The third kappa shape index (κ3) is 3.84. The Hall–Kier alpha value is -1.92. The van der Waals surface area contributed by atoms with Gasteiger partial charge in [-0.15, -0.1) is 0 Å². The van der Waals surface area contributed by atoms with Gasteiger partial charge in [-0.3, -0.25) is 9.59 Å². The lowest BCUT2D eigenvalue weighted by Gasteiger charge is -2.37. The number of para-hydroxylation sites is 1. The van der Waals surface area contributed by atoms with E-state index in [4.69, 9.17) is 4.74 Å². The molecule has 2 rings (SSSR count). The molecule has 1 aromatic carbocycles. The molecule has 1 aromatic rings. The zero-order valence-corrected chi connectivity index (χ0v) is 13.1. The molecule has 0 spiro atoms. The molecule has 0 bridgehead atoms. The van der Waals surface area contributed by atoms with Crippen LogP contribution in [0.5, 0.6) is 0 Å². The summed E-state index contributed by atoms with van der Waals surface area (Å²) in [6.45, 7) is 1.49. The van der Waals surface area contributed by atoms with Gasteiger partial charge in [-0.1, -0.05) is 18.2 Å². The van der Waals surface area contributed by atoms with Crippen molar-refractivity contribution in [3.05, 3.63) is 30.3 Å². The summed E-state index contributed by atoms with van der Waals surface area (Å²) in [4.78, 5) is 26.1. The van der Waals surface area contributed by atoms with Crippen LogP contribution in [0.1, 0.15) is 12.8 Å². The van der Waals surface area contributed by atoms with Crippen LogP contribution in [-0.4, -0.2) is 56.1 Å².